The first kappa shape index (κ1) is 25.3. The summed E-state index contributed by atoms with van der Waals surface area (Å²) in [5.41, 5.74) is 3.31. The smallest absolute Gasteiger partial charge is 0.129 e. The van der Waals surface area contributed by atoms with Gasteiger partial charge in [0.15, 0.2) is 0 Å². The molecular weight excluding hydrogens is 370 g/mol. The number of hydrogen-bond acceptors (Lipinski definition) is 4. The summed E-state index contributed by atoms with van der Waals surface area (Å²) >= 11 is 0. The van der Waals surface area contributed by atoms with Crippen LogP contribution in [0.2, 0.25) is 0 Å². The van der Waals surface area contributed by atoms with Crippen molar-refractivity contribution in [2.75, 3.05) is 18.1 Å². The molecule has 0 unspecified atom stereocenters. The number of allylic oxidation sites excluding steroid dienone is 7. The van der Waals surface area contributed by atoms with Crippen LogP contribution in [0.4, 0.5) is 5.82 Å². The molecule has 0 aromatic carbocycles. The fourth-order valence-electron chi connectivity index (χ4n) is 3.03. The lowest BCUT2D eigenvalue weighted by molar-refractivity contribution is -0.117. The molecule has 0 radical (unpaired) electrons. The van der Waals surface area contributed by atoms with Crippen molar-refractivity contribution in [3.63, 3.8) is 0 Å². The number of aromatic nitrogens is 1. The van der Waals surface area contributed by atoms with Gasteiger partial charge >= 0.3 is 0 Å². The number of nitrogens with zero attached hydrogens (tertiary/aromatic N) is 3. The molecule has 4 nitrogen and oxygen atoms in total. The normalized spacial score (nSPS) is 12.7. The molecule has 1 heterocycles. The van der Waals surface area contributed by atoms with E-state index >= 15 is 0 Å². The number of unbranched alkanes of at least 4 members (excludes halogenated alkanes) is 3. The van der Waals surface area contributed by atoms with Gasteiger partial charge in [0.1, 0.15) is 18.3 Å². The zero-order valence-corrected chi connectivity index (χ0v) is 19.1. The van der Waals surface area contributed by atoms with E-state index in [1.807, 2.05) is 62.7 Å². The Balaban J connectivity index is 2.68. The molecule has 0 fully saturated rings. The average Bonchev–Trinajstić information content (AvgIpc) is 2.72. The third-order valence-corrected chi connectivity index (χ3v) is 4.70. The molecule has 0 aliphatic carbocycles. The number of Topliss-reactive ketones (excluding diaryl/α,β-unsaturated/α-hetero) is 1. The minimum atomic E-state index is 0.276. The summed E-state index contributed by atoms with van der Waals surface area (Å²) in [7, 11) is 0. The van der Waals surface area contributed by atoms with Crippen molar-refractivity contribution in [1.82, 2.24) is 4.98 Å². The Morgan fingerprint density at radius 1 is 1.13 bits per heavy atom. The molecule has 1 aromatic heterocycles. The van der Waals surface area contributed by atoms with Crippen molar-refractivity contribution in [2.45, 2.75) is 59.8 Å². The van der Waals surface area contributed by atoms with Gasteiger partial charge < -0.3 is 9.69 Å². The lowest BCUT2D eigenvalue weighted by Gasteiger charge is -2.21. The molecule has 0 N–H and O–H groups in total. The van der Waals surface area contributed by atoms with Crippen LogP contribution >= 0.6 is 0 Å². The third kappa shape index (κ3) is 10.7. The highest BCUT2D eigenvalue weighted by Crippen LogP contribution is 2.17. The van der Waals surface area contributed by atoms with Crippen molar-refractivity contribution in [3.8, 4) is 0 Å². The molecule has 4 heteroatoms. The molecule has 1 rings (SSSR count). The minimum absolute atomic E-state index is 0.276. The number of carbonyl (C=O) groups excluding carboxylic acids is 1. The Morgan fingerprint density at radius 3 is 2.53 bits per heavy atom. The van der Waals surface area contributed by atoms with Gasteiger partial charge in [-0.05, 0) is 69.9 Å². The third-order valence-electron chi connectivity index (χ3n) is 4.70. The highest BCUT2D eigenvalue weighted by molar-refractivity contribution is 5.75. The molecule has 0 aliphatic heterocycles. The Kier molecular flexibility index (Phi) is 12.8. The number of aliphatic imine (C=N–C) groups is 1. The Bertz CT molecular complexity index is 773. The van der Waals surface area contributed by atoms with E-state index in [1.54, 1.807) is 6.92 Å². The molecule has 30 heavy (non-hydrogen) atoms. The maximum absolute atomic E-state index is 11.0. The van der Waals surface area contributed by atoms with Crippen molar-refractivity contribution >= 4 is 17.8 Å². The van der Waals surface area contributed by atoms with Gasteiger partial charge in [0.25, 0.3) is 0 Å². The van der Waals surface area contributed by atoms with Gasteiger partial charge in [0.2, 0.25) is 0 Å². The Hall–Kier alpha value is -2.75. The summed E-state index contributed by atoms with van der Waals surface area (Å²) in [6.07, 6.45) is 16.7. The molecule has 0 amide bonds. The maximum Gasteiger partial charge on any atom is 0.129 e. The quantitative estimate of drug-likeness (QED) is 0.201. The van der Waals surface area contributed by atoms with Crippen LogP contribution in [0.15, 0.2) is 77.0 Å². The number of rotatable bonds is 14. The van der Waals surface area contributed by atoms with Gasteiger partial charge in [-0.15, -0.1) is 0 Å². The van der Waals surface area contributed by atoms with E-state index in [-0.39, 0.29) is 5.78 Å². The topological polar surface area (TPSA) is 45.6 Å². The largest absolute Gasteiger partial charge is 0.337 e. The fraction of sp³-hybridized carbons (Fsp3) is 0.423. The molecule has 1 aromatic rings. The van der Waals surface area contributed by atoms with E-state index in [2.05, 4.69) is 34.5 Å². The SMILES string of the molecule is C=C(C)C(=CC=CC)C(C)=CC=NCN(CCCCCCC(C)=O)c1ccccn1. The lowest BCUT2D eigenvalue weighted by Crippen LogP contribution is -2.25. The zero-order valence-electron chi connectivity index (χ0n) is 19.1. The molecule has 0 saturated carbocycles. The second-order valence-corrected chi connectivity index (χ2v) is 7.53. The summed E-state index contributed by atoms with van der Waals surface area (Å²) in [6.45, 7) is 13.3. The lowest BCUT2D eigenvalue weighted by atomic mass is 10.0. The van der Waals surface area contributed by atoms with Crippen LogP contribution in [0.5, 0.6) is 0 Å². The van der Waals surface area contributed by atoms with E-state index < -0.39 is 0 Å². The number of carbonyl (C=O) groups is 1. The van der Waals surface area contributed by atoms with E-state index in [0.717, 1.165) is 54.8 Å². The summed E-state index contributed by atoms with van der Waals surface area (Å²) in [5, 5.41) is 0. The number of hydrogen-bond donors (Lipinski definition) is 0. The molecule has 0 aliphatic rings. The van der Waals surface area contributed by atoms with Crippen LogP contribution in [0, 0.1) is 0 Å². The van der Waals surface area contributed by atoms with E-state index in [9.17, 15) is 4.79 Å². The van der Waals surface area contributed by atoms with Crippen LogP contribution in [0.3, 0.4) is 0 Å². The molecule has 0 spiro atoms. The minimum Gasteiger partial charge on any atom is -0.337 e. The second-order valence-electron chi connectivity index (χ2n) is 7.53. The Morgan fingerprint density at radius 2 is 1.90 bits per heavy atom. The molecule has 0 atom stereocenters. The monoisotopic (exact) mass is 407 g/mol. The molecule has 0 bridgehead atoms. The summed E-state index contributed by atoms with van der Waals surface area (Å²) in [5.74, 6) is 1.22. The van der Waals surface area contributed by atoms with E-state index in [4.69, 9.17) is 0 Å². The van der Waals surface area contributed by atoms with Gasteiger partial charge in [0.05, 0.1) is 0 Å². The van der Waals surface area contributed by atoms with Crippen LogP contribution in [-0.2, 0) is 4.79 Å². The van der Waals surface area contributed by atoms with Crippen molar-refractivity contribution in [1.29, 1.82) is 0 Å². The van der Waals surface area contributed by atoms with Crippen molar-refractivity contribution < 1.29 is 4.79 Å². The molecule has 162 valence electrons. The summed E-state index contributed by atoms with van der Waals surface area (Å²) in [4.78, 5) is 22.3. The summed E-state index contributed by atoms with van der Waals surface area (Å²) in [6, 6.07) is 5.95. The predicted molar refractivity (Wildman–Crippen MR) is 130 cm³/mol. The number of pyridine rings is 1. The average molecular weight is 408 g/mol. The van der Waals surface area contributed by atoms with Gasteiger partial charge in [-0.25, -0.2) is 4.98 Å². The zero-order chi connectivity index (χ0) is 22.2. The first-order valence-corrected chi connectivity index (χ1v) is 10.8. The maximum atomic E-state index is 11.0. The van der Waals surface area contributed by atoms with Crippen LogP contribution in [0.1, 0.15) is 59.8 Å². The second kappa shape index (κ2) is 15.1. The number of ketones is 1. The fourth-order valence-corrected chi connectivity index (χ4v) is 3.03. The first-order chi connectivity index (χ1) is 14.5. The van der Waals surface area contributed by atoms with Gasteiger partial charge in [0, 0.05) is 25.4 Å². The summed E-state index contributed by atoms with van der Waals surface area (Å²) < 4.78 is 0. The highest BCUT2D eigenvalue weighted by Gasteiger charge is 2.06. The predicted octanol–water partition coefficient (Wildman–Crippen LogP) is 6.48. The highest BCUT2D eigenvalue weighted by atomic mass is 16.1. The number of anilines is 1. The van der Waals surface area contributed by atoms with Gasteiger partial charge in [-0.3, -0.25) is 4.99 Å². The first-order valence-electron chi connectivity index (χ1n) is 10.8. The van der Waals surface area contributed by atoms with Gasteiger partial charge in [-0.1, -0.05) is 49.3 Å². The van der Waals surface area contributed by atoms with Crippen LogP contribution in [-0.4, -0.2) is 30.2 Å². The van der Waals surface area contributed by atoms with Crippen LogP contribution in [0.25, 0.3) is 0 Å². The van der Waals surface area contributed by atoms with Gasteiger partial charge in [-0.2, -0.15) is 0 Å². The van der Waals surface area contributed by atoms with E-state index in [1.165, 1.54) is 0 Å². The molecular formula is C26H37N3O. The molecule has 0 saturated heterocycles. The standard InChI is InChI=1S/C26H37N3O/c1-6-7-15-25(22(2)3)23(4)17-19-27-21-29(26-16-11-12-18-28-26)20-13-9-8-10-14-24(5)30/h6-7,11-12,15-19H,2,8-10,13-14,20-21H2,1,3-5H3. The van der Waals surface area contributed by atoms with E-state index in [0.29, 0.717) is 13.1 Å². The van der Waals surface area contributed by atoms with Crippen LogP contribution < -0.4 is 4.90 Å². The van der Waals surface area contributed by atoms with Crippen molar-refractivity contribution in [2.24, 2.45) is 4.99 Å². The van der Waals surface area contributed by atoms with Crippen molar-refractivity contribution in [3.05, 3.63) is 72.0 Å². The Labute approximate surface area is 182 Å².